The van der Waals surface area contributed by atoms with Crippen LogP contribution < -0.4 is 0 Å². The molecule has 0 aromatic heterocycles. The molecule has 65 valence electrons. The Kier molecular flexibility index (Phi) is 2.48. The van der Waals surface area contributed by atoms with E-state index in [2.05, 4.69) is 6.92 Å². The molecule has 0 amide bonds. The fourth-order valence-electron chi connectivity index (χ4n) is 1.04. The summed E-state index contributed by atoms with van der Waals surface area (Å²) in [7, 11) is 0. The Balaban J connectivity index is 2.71. The largest absolute Gasteiger partial charge is 0.390 e. The Bertz CT molecular complexity index is 246. The highest BCUT2D eigenvalue weighted by Crippen LogP contribution is 2.11. The maximum atomic E-state index is 12.4. The first-order valence-electron chi connectivity index (χ1n) is 3.79. The Labute approximate surface area is 71.9 Å². The molecule has 1 unspecified atom stereocenters. The summed E-state index contributed by atoms with van der Waals surface area (Å²) in [5, 5.41) is 9.34. The zero-order valence-corrected chi connectivity index (χ0v) is 7.05. The second kappa shape index (κ2) is 3.23. The zero-order chi connectivity index (χ0) is 9.19. The fraction of sp³-hybridized carbons (Fsp3) is 0.300. The monoisotopic (exact) mass is 167 g/mol. The lowest BCUT2D eigenvalue weighted by molar-refractivity contribution is 0.109. The van der Waals surface area contributed by atoms with Gasteiger partial charge in [0.2, 0.25) is 0 Å². The van der Waals surface area contributed by atoms with Crippen LogP contribution in [0.25, 0.3) is 0 Å². The molecule has 0 heterocycles. The average molecular weight is 167 g/mol. The van der Waals surface area contributed by atoms with Crippen LogP contribution in [0, 0.1) is 12.7 Å². The van der Waals surface area contributed by atoms with Gasteiger partial charge in [-0.15, -0.1) is 0 Å². The van der Waals surface area contributed by atoms with Gasteiger partial charge in [-0.25, -0.2) is 4.39 Å². The van der Waals surface area contributed by atoms with E-state index in [4.69, 9.17) is 0 Å². The lowest BCUT2D eigenvalue weighted by atomic mass is 9.99. The summed E-state index contributed by atoms with van der Waals surface area (Å²) in [6.07, 6.45) is 0.438. The quantitative estimate of drug-likeness (QED) is 0.713. The second-order valence-electron chi connectivity index (χ2n) is 3.30. The van der Waals surface area contributed by atoms with Crippen LogP contribution in [0.15, 0.2) is 24.3 Å². The van der Waals surface area contributed by atoms with Gasteiger partial charge in [0.1, 0.15) is 5.82 Å². The maximum absolute atomic E-state index is 12.4. The van der Waals surface area contributed by atoms with E-state index in [1.54, 1.807) is 19.1 Å². The number of halogens is 1. The van der Waals surface area contributed by atoms with E-state index in [0.29, 0.717) is 6.42 Å². The van der Waals surface area contributed by atoms with Crippen LogP contribution in [0.4, 0.5) is 4.39 Å². The highest BCUT2D eigenvalue weighted by Gasteiger charge is 2.12. The number of hydrogen-bond donors (Lipinski definition) is 1. The van der Waals surface area contributed by atoms with Crippen molar-refractivity contribution < 1.29 is 9.50 Å². The van der Waals surface area contributed by atoms with E-state index in [1.807, 2.05) is 0 Å². The van der Waals surface area contributed by atoms with E-state index in [-0.39, 0.29) is 5.82 Å². The molecule has 0 aliphatic heterocycles. The molecule has 1 aromatic rings. The summed E-state index contributed by atoms with van der Waals surface area (Å²) in [4.78, 5) is 0. The van der Waals surface area contributed by atoms with Crippen LogP contribution in [0.3, 0.4) is 0 Å². The molecule has 0 aliphatic rings. The Morgan fingerprint density at radius 1 is 1.42 bits per heavy atom. The van der Waals surface area contributed by atoms with Crippen molar-refractivity contribution in [1.82, 2.24) is 0 Å². The third-order valence-corrected chi connectivity index (χ3v) is 1.50. The van der Waals surface area contributed by atoms with Crippen LogP contribution >= 0.6 is 0 Å². The Morgan fingerprint density at radius 3 is 2.33 bits per heavy atom. The number of rotatable bonds is 2. The average Bonchev–Trinajstić information content (AvgIpc) is 1.91. The minimum Gasteiger partial charge on any atom is -0.390 e. The molecule has 12 heavy (non-hydrogen) atoms. The molecular formula is C10H12FO. The molecule has 1 N–H and O–H groups in total. The standard InChI is InChI=1S/C10H12FO/c1-10(2,12)7-8-3-5-9(11)6-4-8/h3-6,12H,1,7H2,2H3. The molecular weight excluding hydrogens is 155 g/mol. The molecule has 0 saturated carbocycles. The molecule has 0 saturated heterocycles. The fourth-order valence-corrected chi connectivity index (χ4v) is 1.04. The molecule has 0 spiro atoms. The van der Waals surface area contributed by atoms with E-state index in [9.17, 15) is 9.50 Å². The van der Waals surface area contributed by atoms with Gasteiger partial charge in [-0.2, -0.15) is 0 Å². The minimum absolute atomic E-state index is 0.262. The summed E-state index contributed by atoms with van der Waals surface area (Å²) in [5.74, 6) is -0.262. The lowest BCUT2D eigenvalue weighted by Gasteiger charge is -2.16. The summed E-state index contributed by atoms with van der Waals surface area (Å²) in [5.41, 5.74) is -0.0888. The van der Waals surface area contributed by atoms with Crippen LogP contribution in [-0.2, 0) is 6.42 Å². The van der Waals surface area contributed by atoms with Gasteiger partial charge in [-0.05, 0) is 31.5 Å². The first-order chi connectivity index (χ1) is 5.47. The minimum atomic E-state index is -0.974. The van der Waals surface area contributed by atoms with Gasteiger partial charge in [-0.3, -0.25) is 0 Å². The molecule has 1 rings (SSSR count). The van der Waals surface area contributed by atoms with Crippen molar-refractivity contribution in [2.45, 2.75) is 18.9 Å². The summed E-state index contributed by atoms with van der Waals surface area (Å²) in [6.45, 7) is 5.17. The van der Waals surface area contributed by atoms with Gasteiger partial charge in [0, 0.05) is 6.42 Å². The number of aliphatic hydroxyl groups is 1. The summed E-state index contributed by atoms with van der Waals surface area (Å²) in [6, 6.07) is 6.05. The topological polar surface area (TPSA) is 20.2 Å². The van der Waals surface area contributed by atoms with E-state index in [0.717, 1.165) is 5.56 Å². The van der Waals surface area contributed by atoms with Gasteiger partial charge in [0.05, 0.1) is 5.60 Å². The SMILES string of the molecule is [CH2]C(C)(O)Cc1ccc(F)cc1. The van der Waals surface area contributed by atoms with Crippen molar-refractivity contribution in [3.8, 4) is 0 Å². The molecule has 1 radical (unpaired) electrons. The van der Waals surface area contributed by atoms with Crippen molar-refractivity contribution in [2.75, 3.05) is 0 Å². The molecule has 0 aliphatic carbocycles. The van der Waals surface area contributed by atoms with E-state index >= 15 is 0 Å². The summed E-state index contributed by atoms with van der Waals surface area (Å²) < 4.78 is 12.4. The van der Waals surface area contributed by atoms with Gasteiger partial charge >= 0.3 is 0 Å². The first kappa shape index (κ1) is 9.20. The van der Waals surface area contributed by atoms with Gasteiger partial charge in [-0.1, -0.05) is 12.1 Å². The molecule has 1 atom stereocenters. The Morgan fingerprint density at radius 2 is 1.92 bits per heavy atom. The molecule has 0 bridgehead atoms. The van der Waals surface area contributed by atoms with E-state index < -0.39 is 5.60 Å². The molecule has 1 nitrogen and oxygen atoms in total. The third kappa shape index (κ3) is 3.01. The highest BCUT2D eigenvalue weighted by molar-refractivity contribution is 5.18. The van der Waals surface area contributed by atoms with Crippen molar-refractivity contribution in [1.29, 1.82) is 0 Å². The van der Waals surface area contributed by atoms with Gasteiger partial charge in [0.25, 0.3) is 0 Å². The predicted molar refractivity (Wildman–Crippen MR) is 46.1 cm³/mol. The molecule has 2 heteroatoms. The van der Waals surface area contributed by atoms with Crippen LogP contribution in [-0.4, -0.2) is 10.7 Å². The first-order valence-corrected chi connectivity index (χ1v) is 3.79. The van der Waals surface area contributed by atoms with Crippen LogP contribution in [0.5, 0.6) is 0 Å². The molecule has 1 aromatic carbocycles. The van der Waals surface area contributed by atoms with Gasteiger partial charge < -0.3 is 5.11 Å². The number of hydrogen-bond acceptors (Lipinski definition) is 1. The Hall–Kier alpha value is -0.890. The smallest absolute Gasteiger partial charge is 0.123 e. The normalized spacial score (nSPS) is 11.7. The summed E-state index contributed by atoms with van der Waals surface area (Å²) >= 11 is 0. The zero-order valence-electron chi connectivity index (χ0n) is 7.05. The van der Waals surface area contributed by atoms with E-state index in [1.165, 1.54) is 12.1 Å². The van der Waals surface area contributed by atoms with Crippen molar-refractivity contribution in [2.24, 2.45) is 0 Å². The van der Waals surface area contributed by atoms with Crippen molar-refractivity contribution in [3.63, 3.8) is 0 Å². The van der Waals surface area contributed by atoms with Crippen LogP contribution in [0.1, 0.15) is 12.5 Å². The predicted octanol–water partition coefficient (Wildman–Crippen LogP) is 1.95. The van der Waals surface area contributed by atoms with Crippen molar-refractivity contribution >= 4 is 0 Å². The van der Waals surface area contributed by atoms with Crippen LogP contribution in [0.2, 0.25) is 0 Å². The lowest BCUT2D eigenvalue weighted by Crippen LogP contribution is -2.22. The molecule has 0 fully saturated rings. The highest BCUT2D eigenvalue weighted by atomic mass is 19.1. The second-order valence-corrected chi connectivity index (χ2v) is 3.30. The third-order valence-electron chi connectivity index (χ3n) is 1.50. The van der Waals surface area contributed by atoms with Gasteiger partial charge in [0.15, 0.2) is 0 Å². The number of benzene rings is 1. The maximum Gasteiger partial charge on any atom is 0.123 e. The van der Waals surface area contributed by atoms with Crippen molar-refractivity contribution in [3.05, 3.63) is 42.6 Å².